The summed E-state index contributed by atoms with van der Waals surface area (Å²) in [5, 5.41) is 0.712. The summed E-state index contributed by atoms with van der Waals surface area (Å²) < 4.78 is 25.0. The zero-order chi connectivity index (χ0) is 17.7. The second-order valence-corrected chi connectivity index (χ2v) is 9.14. The van der Waals surface area contributed by atoms with Crippen LogP contribution < -0.4 is 0 Å². The fraction of sp³-hybridized carbons (Fsp3) is 0.444. The van der Waals surface area contributed by atoms with Crippen LogP contribution in [0.25, 0.3) is 6.08 Å². The van der Waals surface area contributed by atoms with Gasteiger partial charge in [-0.3, -0.25) is 0 Å². The van der Waals surface area contributed by atoms with Gasteiger partial charge in [0.05, 0.1) is 6.26 Å². The van der Waals surface area contributed by atoms with Crippen LogP contribution in [0.2, 0.25) is 5.02 Å². The Hall–Kier alpha value is -0.620. The molecule has 132 valence electrons. The summed E-state index contributed by atoms with van der Waals surface area (Å²) in [5.41, 5.74) is 2.34. The number of hydrogen-bond donors (Lipinski definition) is 0. The van der Waals surface area contributed by atoms with Crippen molar-refractivity contribution in [2.75, 3.05) is 19.3 Å². The number of hydrogen-bond acceptors (Lipinski definition) is 2. The molecule has 0 N–H and O–H groups in total. The van der Waals surface area contributed by atoms with Crippen molar-refractivity contribution >= 4 is 43.6 Å². The van der Waals surface area contributed by atoms with E-state index in [2.05, 4.69) is 28.6 Å². The van der Waals surface area contributed by atoms with Gasteiger partial charge in [-0.25, -0.2) is 12.7 Å². The molecule has 0 amide bonds. The number of rotatable bonds is 6. The summed E-state index contributed by atoms with van der Waals surface area (Å²) in [4.78, 5) is 1.83. The average molecular weight is 433 g/mol. The molecule has 1 aromatic carbocycles. The van der Waals surface area contributed by atoms with Gasteiger partial charge < -0.3 is 0 Å². The summed E-state index contributed by atoms with van der Waals surface area (Å²) in [6.07, 6.45) is 7.84. The molecule has 1 aromatic rings. The smallest absolute Gasteiger partial charge is 0.211 e. The SMILES string of the molecule is C=CCC(c1ccc(Cl)cc1/C=C/Br)C1CCN(S(C)(=O)=O)CC1. The highest BCUT2D eigenvalue weighted by atomic mass is 79.9. The highest BCUT2D eigenvalue weighted by Crippen LogP contribution is 2.38. The van der Waals surface area contributed by atoms with Crippen molar-refractivity contribution in [3.63, 3.8) is 0 Å². The lowest BCUT2D eigenvalue weighted by Crippen LogP contribution is -2.39. The Labute approximate surface area is 158 Å². The van der Waals surface area contributed by atoms with E-state index in [1.165, 1.54) is 11.8 Å². The van der Waals surface area contributed by atoms with Crippen molar-refractivity contribution in [3.05, 3.63) is 52.0 Å². The molecule has 1 aliphatic heterocycles. The zero-order valence-electron chi connectivity index (χ0n) is 13.8. The minimum Gasteiger partial charge on any atom is -0.213 e. The lowest BCUT2D eigenvalue weighted by molar-refractivity contribution is 0.244. The average Bonchev–Trinajstić information content (AvgIpc) is 2.53. The first-order valence-corrected chi connectivity index (χ1v) is 11.1. The Morgan fingerprint density at radius 2 is 2.08 bits per heavy atom. The molecular formula is C18H23BrClNO2S. The van der Waals surface area contributed by atoms with Crippen LogP contribution in [0.15, 0.2) is 35.8 Å². The normalized spacial score (nSPS) is 18.8. The predicted molar refractivity (Wildman–Crippen MR) is 106 cm³/mol. The van der Waals surface area contributed by atoms with E-state index in [1.54, 1.807) is 4.31 Å². The lowest BCUT2D eigenvalue weighted by atomic mass is 9.77. The molecule has 1 aliphatic rings. The highest BCUT2D eigenvalue weighted by molar-refractivity contribution is 9.11. The number of benzene rings is 1. The summed E-state index contributed by atoms with van der Waals surface area (Å²) in [7, 11) is -3.10. The lowest BCUT2D eigenvalue weighted by Gasteiger charge is -2.35. The van der Waals surface area contributed by atoms with Crippen molar-refractivity contribution in [1.29, 1.82) is 0 Å². The molecular weight excluding hydrogens is 410 g/mol. The first kappa shape index (κ1) is 19.7. The first-order chi connectivity index (χ1) is 11.4. The molecule has 1 unspecified atom stereocenters. The Morgan fingerprint density at radius 1 is 1.42 bits per heavy atom. The van der Waals surface area contributed by atoms with Crippen molar-refractivity contribution in [1.82, 2.24) is 4.31 Å². The Balaban J connectivity index is 2.26. The van der Waals surface area contributed by atoms with Crippen LogP contribution in [0, 0.1) is 5.92 Å². The molecule has 0 saturated carbocycles. The molecule has 0 bridgehead atoms. The van der Waals surface area contributed by atoms with Crippen molar-refractivity contribution in [2.24, 2.45) is 5.92 Å². The van der Waals surface area contributed by atoms with Gasteiger partial charge in [-0.15, -0.1) is 6.58 Å². The summed E-state index contributed by atoms with van der Waals surface area (Å²) in [5.74, 6) is 0.754. The van der Waals surface area contributed by atoms with E-state index in [-0.39, 0.29) is 0 Å². The van der Waals surface area contributed by atoms with E-state index in [1.807, 2.05) is 29.3 Å². The standard InChI is InChI=1S/C18H23BrClNO2S/c1-3-4-17(14-8-11-21(12-9-14)24(2,22)23)18-6-5-16(20)13-15(18)7-10-19/h3,5-7,10,13-14,17H,1,4,8-9,11-12H2,2H3/b10-7+. The minimum atomic E-state index is -3.10. The fourth-order valence-electron chi connectivity index (χ4n) is 3.46. The second kappa shape index (κ2) is 8.65. The summed E-state index contributed by atoms with van der Waals surface area (Å²) in [6, 6.07) is 5.97. The van der Waals surface area contributed by atoms with Gasteiger partial charge in [-0.1, -0.05) is 39.7 Å². The molecule has 24 heavy (non-hydrogen) atoms. The molecule has 0 aromatic heterocycles. The molecule has 2 rings (SSSR count). The third kappa shape index (κ3) is 4.94. The van der Waals surface area contributed by atoms with Gasteiger partial charge in [0.25, 0.3) is 0 Å². The molecule has 1 saturated heterocycles. The van der Waals surface area contributed by atoms with Gasteiger partial charge in [0.1, 0.15) is 0 Å². The maximum Gasteiger partial charge on any atom is 0.211 e. The molecule has 3 nitrogen and oxygen atoms in total. The number of allylic oxidation sites excluding steroid dienone is 1. The summed E-state index contributed by atoms with van der Waals surface area (Å²) >= 11 is 9.49. The Kier molecular flexibility index (Phi) is 7.10. The topological polar surface area (TPSA) is 37.4 Å². The van der Waals surface area contributed by atoms with Gasteiger partial charge in [0, 0.05) is 18.1 Å². The van der Waals surface area contributed by atoms with Gasteiger partial charge in [-0.05, 0) is 65.4 Å². The van der Waals surface area contributed by atoms with E-state index in [4.69, 9.17) is 11.6 Å². The maximum atomic E-state index is 11.7. The molecule has 1 atom stereocenters. The van der Waals surface area contributed by atoms with E-state index in [9.17, 15) is 8.42 Å². The largest absolute Gasteiger partial charge is 0.213 e. The Bertz CT molecular complexity index is 710. The van der Waals surface area contributed by atoms with Gasteiger partial charge >= 0.3 is 0 Å². The van der Waals surface area contributed by atoms with Crippen molar-refractivity contribution in [2.45, 2.75) is 25.2 Å². The third-order valence-electron chi connectivity index (χ3n) is 4.65. The van der Waals surface area contributed by atoms with E-state index in [0.29, 0.717) is 29.9 Å². The molecule has 0 radical (unpaired) electrons. The van der Waals surface area contributed by atoms with E-state index >= 15 is 0 Å². The first-order valence-electron chi connectivity index (χ1n) is 7.99. The minimum absolute atomic E-state index is 0.320. The second-order valence-electron chi connectivity index (χ2n) is 6.20. The fourth-order valence-corrected chi connectivity index (χ4v) is 4.80. The molecule has 6 heteroatoms. The maximum absolute atomic E-state index is 11.7. The molecule has 0 spiro atoms. The van der Waals surface area contributed by atoms with Crippen molar-refractivity contribution in [3.8, 4) is 0 Å². The van der Waals surface area contributed by atoms with Crippen LogP contribution in [0.4, 0.5) is 0 Å². The van der Waals surface area contributed by atoms with Gasteiger partial charge in [0.15, 0.2) is 0 Å². The number of nitrogens with zero attached hydrogens (tertiary/aromatic N) is 1. The molecule has 1 fully saturated rings. The predicted octanol–water partition coefficient (Wildman–Crippen LogP) is 5.04. The number of sulfonamides is 1. The van der Waals surface area contributed by atoms with Crippen LogP contribution in [0.5, 0.6) is 0 Å². The zero-order valence-corrected chi connectivity index (χ0v) is 16.9. The van der Waals surface area contributed by atoms with Crippen LogP contribution in [0.3, 0.4) is 0 Å². The highest BCUT2D eigenvalue weighted by Gasteiger charge is 2.30. The van der Waals surface area contributed by atoms with Gasteiger partial charge in [0.2, 0.25) is 10.0 Å². The van der Waals surface area contributed by atoms with Crippen LogP contribution in [-0.2, 0) is 10.0 Å². The third-order valence-corrected chi connectivity index (χ3v) is 6.45. The van der Waals surface area contributed by atoms with Gasteiger partial charge in [-0.2, -0.15) is 0 Å². The molecule has 0 aliphatic carbocycles. The number of piperidine rings is 1. The van der Waals surface area contributed by atoms with Crippen LogP contribution >= 0.6 is 27.5 Å². The number of halogens is 2. The van der Waals surface area contributed by atoms with Crippen LogP contribution in [0.1, 0.15) is 36.3 Å². The molecule has 1 heterocycles. The van der Waals surface area contributed by atoms with Crippen molar-refractivity contribution < 1.29 is 8.42 Å². The quantitative estimate of drug-likeness (QED) is 0.591. The van der Waals surface area contributed by atoms with E-state index < -0.39 is 10.0 Å². The monoisotopic (exact) mass is 431 g/mol. The van der Waals surface area contributed by atoms with E-state index in [0.717, 1.165) is 24.8 Å². The van der Waals surface area contributed by atoms with Crippen LogP contribution in [-0.4, -0.2) is 32.1 Å². The summed E-state index contributed by atoms with van der Waals surface area (Å²) in [6.45, 7) is 5.09. The Morgan fingerprint density at radius 3 is 2.62 bits per heavy atom.